The van der Waals surface area contributed by atoms with Crippen molar-refractivity contribution in [1.29, 1.82) is 0 Å². The molecule has 0 saturated heterocycles. The largest absolute Gasteiger partial charge is 0.135 e. The van der Waals surface area contributed by atoms with E-state index in [0.717, 1.165) is 0 Å². The molecule has 0 saturated carbocycles. The second-order valence-electron chi connectivity index (χ2n) is 7.18. The van der Waals surface area contributed by atoms with Gasteiger partial charge in [0.15, 0.2) is 0 Å². The van der Waals surface area contributed by atoms with Crippen molar-refractivity contribution < 1.29 is 0 Å². The van der Waals surface area contributed by atoms with E-state index in [-0.39, 0.29) is 93.1 Å². The standard InChI is InChI=1S/C21H3Cl17/c22-7-2(8(23)14(29)5(13(7)28)20(35)36)1(4-11(26)17(32)19(34)18(33)12(4)27)3-9(24)15(30)6(21(37)38)16(31)10(3)25/h1,20-21H. The molecular weight excluding hydrogens is 855 g/mol. The van der Waals surface area contributed by atoms with Crippen molar-refractivity contribution in [1.82, 2.24) is 0 Å². The lowest BCUT2D eigenvalue weighted by Gasteiger charge is -2.29. The first-order valence-corrected chi connectivity index (χ1v) is 15.9. The van der Waals surface area contributed by atoms with Gasteiger partial charge in [-0.05, 0) is 0 Å². The Bertz CT molecular complexity index is 1300. The van der Waals surface area contributed by atoms with Gasteiger partial charge in [-0.3, -0.25) is 0 Å². The van der Waals surface area contributed by atoms with E-state index in [1.807, 2.05) is 0 Å². The van der Waals surface area contributed by atoms with Crippen LogP contribution in [0.1, 0.15) is 43.4 Å². The SMILES string of the molecule is Clc1c(Cl)c(Cl)c(C(c2c(Cl)c(Cl)c(C(Cl)Cl)c(Cl)c2Cl)c2c(Cl)c(Cl)c(C(Cl)Cl)c(Cl)c2Cl)c(Cl)c1Cl. The Morgan fingerprint density at radius 1 is 0.237 bits per heavy atom. The minimum Gasteiger partial charge on any atom is -0.0999 e. The third-order valence-corrected chi connectivity index (χ3v) is 11.9. The monoisotopic (exact) mass is 849 g/mol. The third-order valence-electron chi connectivity index (χ3n) is 5.21. The van der Waals surface area contributed by atoms with Crippen molar-refractivity contribution in [3.05, 3.63) is 93.1 Å². The first-order valence-electron chi connectivity index (χ1n) is 9.27. The molecule has 0 nitrogen and oxygen atoms in total. The molecule has 3 rings (SSSR count). The van der Waals surface area contributed by atoms with Gasteiger partial charge in [-0.15, -0.1) is 0 Å². The van der Waals surface area contributed by atoms with Gasteiger partial charge in [0.1, 0.15) is 9.67 Å². The average molecular weight is 858 g/mol. The second-order valence-corrected chi connectivity index (χ2v) is 14.3. The first-order chi connectivity index (χ1) is 17.5. The highest BCUT2D eigenvalue weighted by Gasteiger charge is 2.38. The predicted molar refractivity (Wildman–Crippen MR) is 174 cm³/mol. The Balaban J connectivity index is 2.69. The van der Waals surface area contributed by atoms with E-state index in [9.17, 15) is 0 Å². The zero-order chi connectivity index (χ0) is 29.1. The molecule has 0 amide bonds. The number of benzene rings is 3. The molecule has 0 radical (unpaired) electrons. The first kappa shape index (κ1) is 35.1. The van der Waals surface area contributed by atoms with Gasteiger partial charge >= 0.3 is 0 Å². The molecule has 0 bridgehead atoms. The van der Waals surface area contributed by atoms with Gasteiger partial charge in [-0.2, -0.15) is 0 Å². The predicted octanol–water partition coefficient (Wildman–Crippen LogP) is 16.3. The summed E-state index contributed by atoms with van der Waals surface area (Å²) in [7, 11) is 0. The van der Waals surface area contributed by atoms with Gasteiger partial charge in [0.2, 0.25) is 0 Å². The average Bonchev–Trinajstić information content (AvgIpc) is 2.83. The lowest BCUT2D eigenvalue weighted by atomic mass is 9.83. The van der Waals surface area contributed by atoms with Crippen molar-refractivity contribution in [3.8, 4) is 0 Å². The summed E-state index contributed by atoms with van der Waals surface area (Å²) in [6, 6.07) is 0. The van der Waals surface area contributed by atoms with Gasteiger partial charge in [0, 0.05) is 33.7 Å². The van der Waals surface area contributed by atoms with Crippen LogP contribution in [0.15, 0.2) is 0 Å². The molecule has 0 spiro atoms. The van der Waals surface area contributed by atoms with Crippen molar-refractivity contribution >= 4 is 197 Å². The number of alkyl halides is 4. The molecule has 206 valence electrons. The highest BCUT2D eigenvalue weighted by molar-refractivity contribution is 6.57. The highest BCUT2D eigenvalue weighted by atomic mass is 35.5. The molecule has 0 N–H and O–H groups in total. The minimum atomic E-state index is -1.32. The van der Waals surface area contributed by atoms with Crippen LogP contribution in [0.3, 0.4) is 0 Å². The van der Waals surface area contributed by atoms with Gasteiger partial charge in [0.05, 0.1) is 65.3 Å². The highest BCUT2D eigenvalue weighted by Crippen LogP contribution is 2.59. The van der Waals surface area contributed by atoms with Gasteiger partial charge in [0.25, 0.3) is 0 Å². The lowest BCUT2D eigenvalue weighted by Crippen LogP contribution is -2.12. The maximum absolute atomic E-state index is 6.73. The molecule has 0 aliphatic carbocycles. The number of halogens is 17. The van der Waals surface area contributed by atoms with Crippen molar-refractivity contribution in [2.45, 2.75) is 15.6 Å². The molecule has 0 aromatic heterocycles. The van der Waals surface area contributed by atoms with Crippen LogP contribution < -0.4 is 0 Å². The van der Waals surface area contributed by atoms with E-state index in [4.69, 9.17) is 197 Å². The Hall–Kier alpha value is 2.59. The number of hydrogen-bond acceptors (Lipinski definition) is 0. The molecule has 3 aromatic carbocycles. The number of rotatable bonds is 5. The quantitative estimate of drug-likeness (QED) is 0.104. The molecule has 17 heteroatoms. The topological polar surface area (TPSA) is 0 Å². The molecule has 0 aliphatic heterocycles. The smallest absolute Gasteiger partial charge is 0.0999 e. The van der Waals surface area contributed by atoms with E-state index in [1.54, 1.807) is 0 Å². The maximum atomic E-state index is 6.73. The summed E-state index contributed by atoms with van der Waals surface area (Å²) in [6.07, 6.45) is 0. The molecule has 0 atom stereocenters. The Kier molecular flexibility index (Phi) is 12.6. The summed E-state index contributed by atoms with van der Waals surface area (Å²) >= 11 is 110. The fourth-order valence-corrected chi connectivity index (χ4v) is 8.86. The zero-order valence-corrected chi connectivity index (χ0v) is 30.0. The fraction of sp³-hybridized carbons (Fsp3) is 0.143. The molecule has 0 aliphatic rings. The van der Waals surface area contributed by atoms with Crippen LogP contribution in [0.25, 0.3) is 0 Å². The summed E-state index contributed by atoms with van der Waals surface area (Å²) in [5.74, 6) is -1.32. The minimum absolute atomic E-state index is 0.00157. The summed E-state index contributed by atoms with van der Waals surface area (Å²) in [4.78, 5) is -2.41. The van der Waals surface area contributed by atoms with E-state index >= 15 is 0 Å². The zero-order valence-electron chi connectivity index (χ0n) is 17.2. The van der Waals surface area contributed by atoms with Crippen LogP contribution in [0.2, 0.25) is 65.3 Å². The molecular formula is C21H3Cl17. The van der Waals surface area contributed by atoms with Gasteiger partial charge in [-0.25, -0.2) is 0 Å². The molecule has 0 heterocycles. The van der Waals surface area contributed by atoms with Crippen molar-refractivity contribution in [3.63, 3.8) is 0 Å². The van der Waals surface area contributed by atoms with Crippen molar-refractivity contribution in [2.24, 2.45) is 0 Å². The summed E-state index contributed by atoms with van der Waals surface area (Å²) < 4.78 is 0. The van der Waals surface area contributed by atoms with Crippen LogP contribution in [0, 0.1) is 0 Å². The summed E-state index contributed by atoms with van der Waals surface area (Å²) in [6.45, 7) is 0. The second kappa shape index (κ2) is 13.7. The van der Waals surface area contributed by atoms with E-state index in [2.05, 4.69) is 0 Å². The Morgan fingerprint density at radius 3 is 0.605 bits per heavy atom. The lowest BCUT2D eigenvalue weighted by molar-refractivity contribution is 0.974. The van der Waals surface area contributed by atoms with Gasteiger partial charge in [-0.1, -0.05) is 197 Å². The van der Waals surface area contributed by atoms with E-state index in [1.165, 1.54) is 0 Å². The maximum Gasteiger partial charge on any atom is 0.135 e. The van der Waals surface area contributed by atoms with Crippen LogP contribution in [-0.2, 0) is 0 Å². The Morgan fingerprint density at radius 2 is 0.395 bits per heavy atom. The molecule has 38 heavy (non-hydrogen) atoms. The third kappa shape index (κ3) is 6.09. The Labute approximate surface area is 302 Å². The van der Waals surface area contributed by atoms with Crippen LogP contribution in [-0.4, -0.2) is 0 Å². The van der Waals surface area contributed by atoms with Gasteiger partial charge < -0.3 is 0 Å². The van der Waals surface area contributed by atoms with Crippen LogP contribution >= 0.6 is 197 Å². The van der Waals surface area contributed by atoms with E-state index in [0.29, 0.717) is 0 Å². The summed E-state index contributed by atoms with van der Waals surface area (Å²) in [5.41, 5.74) is 0.0674. The van der Waals surface area contributed by atoms with Crippen LogP contribution in [0.5, 0.6) is 0 Å². The molecule has 0 fully saturated rings. The molecule has 3 aromatic rings. The van der Waals surface area contributed by atoms with Crippen LogP contribution in [0.4, 0.5) is 0 Å². The van der Waals surface area contributed by atoms with E-state index < -0.39 is 15.6 Å². The normalized spacial score (nSPS) is 12.0. The fourth-order valence-electron chi connectivity index (χ4n) is 3.53. The molecule has 0 unspecified atom stereocenters. The number of hydrogen-bond donors (Lipinski definition) is 0. The summed E-state index contributed by atoms with van der Waals surface area (Å²) in [5, 5.41) is -2.01. The van der Waals surface area contributed by atoms with Crippen molar-refractivity contribution in [2.75, 3.05) is 0 Å².